The first-order valence-corrected chi connectivity index (χ1v) is 6.22. The molecule has 1 radical (unpaired) electrons. The lowest BCUT2D eigenvalue weighted by Gasteiger charge is -2.08. The van der Waals surface area contributed by atoms with Gasteiger partial charge in [0.05, 0.1) is 0 Å². The molecule has 0 aliphatic heterocycles. The molecule has 2 nitrogen and oxygen atoms in total. The van der Waals surface area contributed by atoms with E-state index in [2.05, 4.69) is 11.1 Å². The summed E-state index contributed by atoms with van der Waals surface area (Å²) in [6, 6.07) is 18.8. The first-order chi connectivity index (χ1) is 9.74. The lowest BCUT2D eigenvalue weighted by molar-refractivity contribution is 0.628. The van der Waals surface area contributed by atoms with Crippen LogP contribution in [0.5, 0.6) is 0 Å². The summed E-state index contributed by atoms with van der Waals surface area (Å²) in [6.07, 6.45) is 1.70. The van der Waals surface area contributed by atoms with E-state index in [1.54, 1.807) is 18.3 Å². The lowest BCUT2D eigenvalue weighted by atomic mass is 10.0. The van der Waals surface area contributed by atoms with E-state index in [9.17, 15) is 4.39 Å². The second-order valence-electron chi connectivity index (χ2n) is 4.45. The van der Waals surface area contributed by atoms with Gasteiger partial charge in [-0.05, 0) is 35.4 Å². The highest BCUT2D eigenvalue weighted by Crippen LogP contribution is 2.29. The molecule has 20 heavy (non-hydrogen) atoms. The van der Waals surface area contributed by atoms with Gasteiger partial charge in [-0.1, -0.05) is 36.4 Å². The molecule has 0 fully saturated rings. The van der Waals surface area contributed by atoms with Crippen molar-refractivity contribution in [2.45, 2.75) is 0 Å². The number of anilines is 1. The molecule has 0 aliphatic carbocycles. The van der Waals surface area contributed by atoms with Gasteiger partial charge in [0.15, 0.2) is 0 Å². The van der Waals surface area contributed by atoms with Crippen molar-refractivity contribution in [1.29, 1.82) is 0 Å². The van der Waals surface area contributed by atoms with Gasteiger partial charge in [0.25, 0.3) is 0 Å². The van der Waals surface area contributed by atoms with Crippen molar-refractivity contribution < 1.29 is 4.39 Å². The number of nitrogens with two attached hydrogens (primary N) is 1. The molecule has 2 N–H and O–H groups in total. The van der Waals surface area contributed by atoms with Gasteiger partial charge >= 0.3 is 0 Å². The van der Waals surface area contributed by atoms with E-state index in [1.807, 2.05) is 30.3 Å². The van der Waals surface area contributed by atoms with E-state index in [1.165, 1.54) is 12.1 Å². The second kappa shape index (κ2) is 5.13. The van der Waals surface area contributed by atoms with Crippen LogP contribution in [0.1, 0.15) is 0 Å². The third-order valence-electron chi connectivity index (χ3n) is 3.13. The molecule has 0 bridgehead atoms. The zero-order valence-electron chi connectivity index (χ0n) is 10.7. The lowest BCUT2D eigenvalue weighted by Crippen LogP contribution is -1.95. The number of hydrogen-bond donors (Lipinski definition) is 1. The van der Waals surface area contributed by atoms with Crippen molar-refractivity contribution in [2.24, 2.45) is 0 Å². The van der Waals surface area contributed by atoms with Gasteiger partial charge in [0, 0.05) is 17.3 Å². The summed E-state index contributed by atoms with van der Waals surface area (Å²) in [6.45, 7) is 0. The molecule has 3 rings (SSSR count). The van der Waals surface area contributed by atoms with Crippen LogP contribution < -0.4 is 5.73 Å². The van der Waals surface area contributed by atoms with Crippen molar-refractivity contribution in [3.8, 4) is 22.3 Å². The predicted molar refractivity (Wildman–Crippen MR) is 78.3 cm³/mol. The highest BCUT2D eigenvalue weighted by Gasteiger charge is 2.06. The molecule has 0 aliphatic rings. The number of nitrogens with zero attached hydrogens (tertiary/aromatic N) is 1. The number of aromatic nitrogens is 1. The van der Waals surface area contributed by atoms with Gasteiger partial charge in [-0.2, -0.15) is 0 Å². The van der Waals surface area contributed by atoms with Crippen LogP contribution in [-0.2, 0) is 0 Å². The summed E-state index contributed by atoms with van der Waals surface area (Å²) in [5, 5.41) is 0. The Morgan fingerprint density at radius 3 is 2.30 bits per heavy atom. The van der Waals surface area contributed by atoms with E-state index < -0.39 is 0 Å². The highest BCUT2D eigenvalue weighted by atomic mass is 19.1. The number of benzene rings is 2. The molecule has 3 heteroatoms. The Kier molecular flexibility index (Phi) is 3.17. The smallest absolute Gasteiger partial charge is 0.131 e. The zero-order chi connectivity index (χ0) is 13.9. The summed E-state index contributed by atoms with van der Waals surface area (Å²) in [5.74, 6) is 0.220. The van der Waals surface area contributed by atoms with E-state index in [0.717, 1.165) is 22.3 Å². The Balaban J connectivity index is 2.09. The van der Waals surface area contributed by atoms with Crippen LogP contribution in [0.15, 0.2) is 60.8 Å². The number of hydrogen-bond acceptors (Lipinski definition) is 2. The Morgan fingerprint density at radius 2 is 1.60 bits per heavy atom. The molecule has 1 heterocycles. The molecule has 1 aromatic heterocycles. The largest absolute Gasteiger partial charge is 0.383 e. The molecule has 0 saturated heterocycles. The van der Waals surface area contributed by atoms with E-state index in [-0.39, 0.29) is 5.82 Å². The fourth-order valence-corrected chi connectivity index (χ4v) is 2.07. The molecule has 0 unspecified atom stereocenters. The fraction of sp³-hybridized carbons (Fsp3) is 0. The minimum Gasteiger partial charge on any atom is -0.383 e. The first kappa shape index (κ1) is 12.4. The van der Waals surface area contributed by atoms with E-state index in [4.69, 9.17) is 5.73 Å². The average Bonchev–Trinajstić information content (AvgIpc) is 2.50. The summed E-state index contributed by atoms with van der Waals surface area (Å²) in [7, 11) is 0. The van der Waals surface area contributed by atoms with Gasteiger partial charge in [-0.25, -0.2) is 9.37 Å². The average molecular weight is 263 g/mol. The van der Waals surface area contributed by atoms with Crippen LogP contribution in [0.2, 0.25) is 0 Å². The van der Waals surface area contributed by atoms with Crippen LogP contribution in [-0.4, -0.2) is 4.98 Å². The predicted octanol–water partition coefficient (Wildman–Crippen LogP) is 3.94. The van der Waals surface area contributed by atoms with Gasteiger partial charge < -0.3 is 5.73 Å². The Morgan fingerprint density at radius 1 is 0.900 bits per heavy atom. The third-order valence-corrected chi connectivity index (χ3v) is 3.13. The molecule has 3 aromatic rings. The molecular weight excluding hydrogens is 251 g/mol. The van der Waals surface area contributed by atoms with Crippen LogP contribution in [0.4, 0.5) is 10.2 Å². The van der Waals surface area contributed by atoms with Crippen molar-refractivity contribution in [3.05, 3.63) is 72.7 Å². The normalized spacial score (nSPS) is 10.4. The fourth-order valence-electron chi connectivity index (χ4n) is 2.07. The Labute approximate surface area is 116 Å². The summed E-state index contributed by atoms with van der Waals surface area (Å²) in [5.41, 5.74) is 9.60. The first-order valence-electron chi connectivity index (χ1n) is 6.22. The number of halogens is 1. The Bertz CT molecular complexity index is 722. The quantitative estimate of drug-likeness (QED) is 0.760. The van der Waals surface area contributed by atoms with Gasteiger partial charge in [-0.3, -0.25) is 0 Å². The zero-order valence-corrected chi connectivity index (χ0v) is 10.7. The maximum absolute atomic E-state index is 13.0. The van der Waals surface area contributed by atoms with Gasteiger partial charge in [-0.15, -0.1) is 0 Å². The molecule has 2 aromatic carbocycles. The van der Waals surface area contributed by atoms with E-state index >= 15 is 0 Å². The van der Waals surface area contributed by atoms with Crippen LogP contribution in [0.25, 0.3) is 22.3 Å². The van der Waals surface area contributed by atoms with Crippen molar-refractivity contribution in [1.82, 2.24) is 4.98 Å². The van der Waals surface area contributed by atoms with Crippen molar-refractivity contribution >= 4 is 5.82 Å². The molecule has 0 spiro atoms. The van der Waals surface area contributed by atoms with E-state index in [0.29, 0.717) is 5.82 Å². The molecule has 0 atom stereocenters. The maximum atomic E-state index is 13.0. The summed E-state index contributed by atoms with van der Waals surface area (Å²) >= 11 is 0. The number of rotatable bonds is 2. The second-order valence-corrected chi connectivity index (χ2v) is 4.45. The number of pyridine rings is 1. The molecular formula is C17H12FN2. The maximum Gasteiger partial charge on any atom is 0.131 e. The van der Waals surface area contributed by atoms with Crippen molar-refractivity contribution in [2.75, 3.05) is 5.73 Å². The third kappa shape index (κ3) is 2.38. The van der Waals surface area contributed by atoms with Crippen molar-refractivity contribution in [3.63, 3.8) is 0 Å². The van der Waals surface area contributed by atoms with Crippen LogP contribution >= 0.6 is 0 Å². The monoisotopic (exact) mass is 263 g/mol. The number of nitrogen functional groups attached to an aromatic ring is 1. The highest BCUT2D eigenvalue weighted by molar-refractivity contribution is 5.79. The molecule has 97 valence electrons. The standard InChI is InChI=1S/C17H12FN2/c18-15-8-6-12(7-9-15)14-10-16(17(19)20-11-14)13-4-2-1-3-5-13/h2-11H,(H2,19,20). The van der Waals surface area contributed by atoms with Gasteiger partial charge in [0.1, 0.15) is 11.6 Å². The Hall–Kier alpha value is -2.68. The molecule has 0 saturated carbocycles. The molecule has 0 amide bonds. The summed E-state index contributed by atoms with van der Waals surface area (Å²) in [4.78, 5) is 4.23. The SMILES string of the molecule is Nc1ncc(-c2ccc(F)cc2)cc1-c1cc[c]cc1. The minimum absolute atomic E-state index is 0.254. The minimum atomic E-state index is -0.254. The topological polar surface area (TPSA) is 38.9 Å². The summed E-state index contributed by atoms with van der Waals surface area (Å²) < 4.78 is 13.0. The van der Waals surface area contributed by atoms with Crippen LogP contribution in [0.3, 0.4) is 0 Å². The van der Waals surface area contributed by atoms with Gasteiger partial charge in [0.2, 0.25) is 0 Å². The van der Waals surface area contributed by atoms with Crippen LogP contribution in [0, 0.1) is 11.9 Å².